The second-order valence-corrected chi connectivity index (χ2v) is 6.92. The first kappa shape index (κ1) is 21.8. The fourth-order valence-corrected chi connectivity index (χ4v) is 2.67. The lowest BCUT2D eigenvalue weighted by Gasteiger charge is -2.37. The molecule has 1 aromatic carbocycles. The van der Waals surface area contributed by atoms with E-state index in [0.717, 1.165) is 6.42 Å². The molecule has 0 N–H and O–H groups in total. The minimum Gasteiger partial charge on any atom is -0.448 e. The molecule has 0 atom stereocenters. The van der Waals surface area contributed by atoms with Crippen LogP contribution < -0.4 is 4.74 Å². The van der Waals surface area contributed by atoms with Gasteiger partial charge in [0.05, 0.1) is 13.0 Å². The quantitative estimate of drug-likeness (QED) is 0.723. The summed E-state index contributed by atoms with van der Waals surface area (Å²) in [7, 11) is 0. The summed E-state index contributed by atoms with van der Waals surface area (Å²) in [5.41, 5.74) is -2.73. The molecule has 0 saturated carbocycles. The topological polar surface area (TPSA) is 59.1 Å². The molecule has 1 aliphatic rings. The summed E-state index contributed by atoms with van der Waals surface area (Å²) in [6, 6.07) is 5.72. The van der Waals surface area contributed by atoms with Gasteiger partial charge < -0.3 is 9.47 Å². The van der Waals surface area contributed by atoms with Gasteiger partial charge in [-0.15, -0.1) is 0 Å². The van der Waals surface area contributed by atoms with Gasteiger partial charge in [0.1, 0.15) is 5.75 Å². The first-order valence-electron chi connectivity index (χ1n) is 9.15. The lowest BCUT2D eigenvalue weighted by molar-refractivity contribution is -0.252. The smallest absolute Gasteiger partial charge is 0.432 e. The van der Waals surface area contributed by atoms with Gasteiger partial charge in [0.15, 0.2) is 0 Å². The number of ether oxygens (including phenoxy) is 2. The van der Waals surface area contributed by atoms with Crippen LogP contribution in [-0.2, 0) is 16.0 Å². The zero-order valence-electron chi connectivity index (χ0n) is 16.2. The molecule has 28 heavy (non-hydrogen) atoms. The van der Waals surface area contributed by atoms with Crippen molar-refractivity contribution in [1.82, 2.24) is 10.0 Å². The van der Waals surface area contributed by atoms with Crippen LogP contribution >= 0.6 is 0 Å². The molecule has 0 bridgehead atoms. The van der Waals surface area contributed by atoms with Crippen molar-refractivity contribution in [1.29, 1.82) is 0 Å². The van der Waals surface area contributed by atoms with Gasteiger partial charge in [0.25, 0.3) is 0 Å². The van der Waals surface area contributed by atoms with E-state index in [0.29, 0.717) is 33.4 Å². The summed E-state index contributed by atoms with van der Waals surface area (Å²) in [6.45, 7) is 3.90. The van der Waals surface area contributed by atoms with Crippen molar-refractivity contribution in [3.05, 3.63) is 29.8 Å². The van der Waals surface area contributed by atoms with Crippen LogP contribution in [0.5, 0.6) is 5.75 Å². The number of hydrazine groups is 1. The third kappa shape index (κ3) is 5.08. The van der Waals surface area contributed by atoms with Crippen LogP contribution in [0.3, 0.4) is 0 Å². The van der Waals surface area contributed by atoms with E-state index in [1.165, 1.54) is 28.2 Å². The van der Waals surface area contributed by atoms with Crippen LogP contribution in [0.4, 0.5) is 18.0 Å². The molecule has 0 unspecified atom stereocenters. The second-order valence-electron chi connectivity index (χ2n) is 6.92. The summed E-state index contributed by atoms with van der Waals surface area (Å²) in [5, 5.41) is 2.48. The molecule has 1 heterocycles. The van der Waals surface area contributed by atoms with Crippen molar-refractivity contribution in [3.63, 3.8) is 0 Å². The minimum atomic E-state index is -4.08. The summed E-state index contributed by atoms with van der Waals surface area (Å²) in [5.74, 6) is -0.752. The van der Waals surface area contributed by atoms with E-state index < -0.39 is 23.8 Å². The van der Waals surface area contributed by atoms with E-state index in [9.17, 15) is 22.8 Å². The highest BCUT2D eigenvalue weighted by atomic mass is 19.3. The number of alkyl halides is 3. The standard InChI is InChI=1S/C19H25F3N2O4/c1-4-27-17(26)24-12-8-7-11-23(24)16(25)13-14-9-5-6-10-15(14)28-19(21,22)18(2,3)20/h5-6,9-10H,4,7-8,11-13H2,1-3H3. The van der Waals surface area contributed by atoms with E-state index >= 15 is 0 Å². The van der Waals surface area contributed by atoms with Crippen LogP contribution in [0, 0.1) is 0 Å². The number of benzene rings is 1. The minimum absolute atomic E-state index is 0.169. The normalized spacial score (nSPS) is 15.4. The molecule has 0 radical (unpaired) electrons. The molecule has 2 rings (SSSR count). The first-order chi connectivity index (χ1) is 13.1. The molecule has 0 spiro atoms. The molecular weight excluding hydrogens is 377 g/mol. The molecule has 0 aromatic heterocycles. The fraction of sp³-hybridized carbons (Fsp3) is 0.579. The Morgan fingerprint density at radius 1 is 1.07 bits per heavy atom. The molecule has 2 amide bonds. The summed E-state index contributed by atoms with van der Waals surface area (Å²) < 4.78 is 51.3. The second kappa shape index (κ2) is 8.70. The Morgan fingerprint density at radius 3 is 2.29 bits per heavy atom. The molecule has 9 heteroatoms. The van der Waals surface area contributed by atoms with Crippen molar-refractivity contribution in [2.45, 2.75) is 51.8 Å². The molecular formula is C19H25F3N2O4. The lowest BCUT2D eigenvalue weighted by Crippen LogP contribution is -2.53. The van der Waals surface area contributed by atoms with E-state index in [-0.39, 0.29) is 24.3 Å². The van der Waals surface area contributed by atoms with Crippen LogP contribution in [0.25, 0.3) is 0 Å². The largest absolute Gasteiger partial charge is 0.448 e. The summed E-state index contributed by atoms with van der Waals surface area (Å²) in [4.78, 5) is 24.8. The number of carbonyl (C=O) groups excluding carboxylic acids is 2. The number of carbonyl (C=O) groups is 2. The molecule has 1 aliphatic heterocycles. The van der Waals surface area contributed by atoms with E-state index in [1.54, 1.807) is 13.0 Å². The van der Waals surface area contributed by atoms with Crippen LogP contribution in [0.15, 0.2) is 24.3 Å². The highest BCUT2D eigenvalue weighted by molar-refractivity contribution is 5.82. The Hall–Kier alpha value is -2.45. The third-order valence-electron chi connectivity index (χ3n) is 4.29. The van der Waals surface area contributed by atoms with Crippen molar-refractivity contribution in [2.75, 3.05) is 19.7 Å². The highest BCUT2D eigenvalue weighted by Crippen LogP contribution is 2.35. The van der Waals surface area contributed by atoms with Gasteiger partial charge >= 0.3 is 12.2 Å². The monoisotopic (exact) mass is 402 g/mol. The number of rotatable bonds is 6. The predicted octanol–water partition coefficient (Wildman–Crippen LogP) is 3.94. The van der Waals surface area contributed by atoms with Crippen LogP contribution in [-0.4, -0.2) is 53.5 Å². The van der Waals surface area contributed by atoms with Gasteiger partial charge in [-0.05, 0) is 39.7 Å². The molecule has 1 fully saturated rings. The zero-order chi connectivity index (χ0) is 20.9. The molecule has 6 nitrogen and oxygen atoms in total. The summed E-state index contributed by atoms with van der Waals surface area (Å²) in [6.07, 6.45) is -3.57. The van der Waals surface area contributed by atoms with Crippen molar-refractivity contribution in [3.8, 4) is 5.75 Å². The van der Waals surface area contributed by atoms with Crippen molar-refractivity contribution >= 4 is 12.0 Å². The van der Waals surface area contributed by atoms with Gasteiger partial charge in [-0.3, -0.25) is 4.79 Å². The van der Waals surface area contributed by atoms with Gasteiger partial charge in [0.2, 0.25) is 11.6 Å². The number of halogens is 3. The molecule has 1 aromatic rings. The maximum atomic E-state index is 14.0. The molecule has 0 aliphatic carbocycles. The van der Waals surface area contributed by atoms with Gasteiger partial charge in [-0.1, -0.05) is 18.2 Å². The third-order valence-corrected chi connectivity index (χ3v) is 4.29. The Bertz CT molecular complexity index is 707. The molecule has 1 saturated heterocycles. The van der Waals surface area contributed by atoms with Crippen molar-refractivity contribution in [2.24, 2.45) is 0 Å². The number of nitrogens with zero attached hydrogens (tertiary/aromatic N) is 2. The fourth-order valence-electron chi connectivity index (χ4n) is 2.67. The average Bonchev–Trinajstić information content (AvgIpc) is 2.62. The number of para-hydroxylation sites is 1. The van der Waals surface area contributed by atoms with Gasteiger partial charge in [-0.25, -0.2) is 19.2 Å². The first-order valence-corrected chi connectivity index (χ1v) is 9.15. The SMILES string of the molecule is CCOC(=O)N1CCCCN1C(=O)Cc1ccccc1OC(F)(F)C(C)(C)F. The summed E-state index contributed by atoms with van der Waals surface area (Å²) >= 11 is 0. The Balaban J connectivity index is 2.18. The van der Waals surface area contributed by atoms with Gasteiger partial charge in [0, 0.05) is 18.7 Å². The van der Waals surface area contributed by atoms with Crippen LogP contribution in [0.1, 0.15) is 39.2 Å². The predicted molar refractivity (Wildman–Crippen MR) is 95.6 cm³/mol. The van der Waals surface area contributed by atoms with E-state index in [2.05, 4.69) is 4.74 Å². The average molecular weight is 402 g/mol. The zero-order valence-corrected chi connectivity index (χ0v) is 16.2. The molecule has 156 valence electrons. The van der Waals surface area contributed by atoms with Crippen LogP contribution in [0.2, 0.25) is 0 Å². The van der Waals surface area contributed by atoms with Crippen molar-refractivity contribution < 1.29 is 32.2 Å². The van der Waals surface area contributed by atoms with E-state index in [1.807, 2.05) is 0 Å². The highest BCUT2D eigenvalue weighted by Gasteiger charge is 2.51. The number of amides is 2. The Kier molecular flexibility index (Phi) is 6.79. The Morgan fingerprint density at radius 2 is 1.68 bits per heavy atom. The number of hydrogen-bond acceptors (Lipinski definition) is 4. The van der Waals surface area contributed by atoms with Gasteiger partial charge in [-0.2, -0.15) is 8.78 Å². The Labute approximate surface area is 162 Å². The lowest BCUT2D eigenvalue weighted by atomic mass is 10.1. The van der Waals surface area contributed by atoms with E-state index in [4.69, 9.17) is 4.74 Å². The maximum absolute atomic E-state index is 14.0. The number of hydrogen-bond donors (Lipinski definition) is 0. The maximum Gasteiger partial charge on any atom is 0.432 e.